The molecule has 0 fully saturated rings. The van der Waals surface area contributed by atoms with Crippen LogP contribution in [0.15, 0.2) is 54.1 Å². The van der Waals surface area contributed by atoms with Crippen molar-refractivity contribution >= 4 is 14.3 Å². The van der Waals surface area contributed by atoms with Crippen LogP contribution in [0, 0.1) is 0 Å². The second kappa shape index (κ2) is 9.32. The molecule has 1 aliphatic rings. The van der Waals surface area contributed by atoms with Crippen molar-refractivity contribution in [2.24, 2.45) is 0 Å². The Morgan fingerprint density at radius 3 is 1.96 bits per heavy atom. The Morgan fingerprint density at radius 1 is 1.04 bits per heavy atom. The van der Waals surface area contributed by atoms with E-state index in [2.05, 4.69) is 89.3 Å². The van der Waals surface area contributed by atoms with E-state index >= 15 is 0 Å². The van der Waals surface area contributed by atoms with E-state index in [9.17, 15) is 0 Å². The predicted octanol–water partition coefficient (Wildman–Crippen LogP) is 6.46. The number of hydrogen-bond acceptors (Lipinski definition) is 1. The van der Waals surface area contributed by atoms with Gasteiger partial charge in [0.25, 0.3) is 0 Å². The summed E-state index contributed by atoms with van der Waals surface area (Å²) in [5, 5.41) is 0. The van der Waals surface area contributed by atoms with Gasteiger partial charge < -0.3 is 4.98 Å². The van der Waals surface area contributed by atoms with Crippen molar-refractivity contribution < 1.29 is 21.7 Å². The molecule has 0 bridgehead atoms. The molecule has 1 N–H and O–H groups in total. The standard InChI is InChI=1S/C16H25NSi.C6H10.Ti/c1-12-11-13-9-7-8-10-14(13)15(12)18(5,6)17-16(2,3)4;1-5(2)6(3)4;/h7-11,15,17H,1-6H3;1,3H2,2,4H3;/q;;+4. The first-order valence-electron chi connectivity index (χ1n) is 8.73. The van der Waals surface area contributed by atoms with Crippen molar-refractivity contribution in [2.45, 2.75) is 65.7 Å². The molecular formula is C22H35NSiTi+4. The Morgan fingerprint density at radius 2 is 1.52 bits per heavy atom. The molecule has 2 rings (SSSR count). The van der Waals surface area contributed by atoms with Crippen LogP contribution in [0.25, 0.3) is 6.08 Å². The summed E-state index contributed by atoms with van der Waals surface area (Å²) in [6.45, 7) is 25.2. The SMILES string of the molecule is C=C(C)C(=C)C.CC1=Cc2ccccc2C1[Si](C)(C)NC(C)(C)C.[Ti+4]. The van der Waals surface area contributed by atoms with E-state index in [1.807, 2.05) is 13.8 Å². The van der Waals surface area contributed by atoms with Gasteiger partial charge in [-0.1, -0.05) is 73.3 Å². The van der Waals surface area contributed by atoms with Gasteiger partial charge in [0.1, 0.15) is 8.24 Å². The third-order valence-corrected chi connectivity index (χ3v) is 7.90. The molecule has 0 aromatic heterocycles. The van der Waals surface area contributed by atoms with Crippen molar-refractivity contribution in [1.82, 2.24) is 4.98 Å². The van der Waals surface area contributed by atoms with Gasteiger partial charge in [-0.15, -0.1) is 0 Å². The third-order valence-electron chi connectivity index (χ3n) is 4.29. The number of benzene rings is 1. The quantitative estimate of drug-likeness (QED) is 0.462. The van der Waals surface area contributed by atoms with Gasteiger partial charge in [-0.25, -0.2) is 0 Å². The second-order valence-corrected chi connectivity index (χ2v) is 12.9. The Hall–Kier alpha value is -0.669. The van der Waals surface area contributed by atoms with Gasteiger partial charge in [0.15, 0.2) is 0 Å². The maximum Gasteiger partial charge on any atom is 4.00 e. The number of rotatable bonds is 3. The first-order chi connectivity index (χ1) is 10.8. The van der Waals surface area contributed by atoms with E-state index < -0.39 is 8.24 Å². The van der Waals surface area contributed by atoms with Crippen LogP contribution in [-0.2, 0) is 21.7 Å². The summed E-state index contributed by atoms with van der Waals surface area (Å²) in [4.78, 5) is 3.91. The molecule has 1 aromatic carbocycles. The summed E-state index contributed by atoms with van der Waals surface area (Å²) >= 11 is 0. The second-order valence-electron chi connectivity index (χ2n) is 8.61. The molecule has 1 nitrogen and oxygen atoms in total. The first-order valence-corrected chi connectivity index (χ1v) is 11.8. The molecule has 0 amide bonds. The van der Waals surface area contributed by atoms with Crippen molar-refractivity contribution in [3.8, 4) is 0 Å². The van der Waals surface area contributed by atoms with Crippen molar-refractivity contribution in [3.05, 3.63) is 65.3 Å². The van der Waals surface area contributed by atoms with Crippen LogP contribution >= 0.6 is 0 Å². The Bertz CT molecular complexity index is 638. The molecular weight excluding hydrogens is 354 g/mol. The summed E-state index contributed by atoms with van der Waals surface area (Å²) in [6, 6.07) is 8.84. The molecule has 132 valence electrons. The summed E-state index contributed by atoms with van der Waals surface area (Å²) < 4.78 is 0. The largest absolute Gasteiger partial charge is 4.00 e. The summed E-state index contributed by atoms with van der Waals surface area (Å²) in [7, 11) is -1.54. The van der Waals surface area contributed by atoms with Crippen LogP contribution in [-0.4, -0.2) is 13.8 Å². The van der Waals surface area contributed by atoms with Crippen LogP contribution < -0.4 is 4.98 Å². The minimum Gasteiger partial charge on any atom is -0.332 e. The Labute approximate surface area is 171 Å². The minimum absolute atomic E-state index is 0. The van der Waals surface area contributed by atoms with E-state index in [-0.39, 0.29) is 27.3 Å². The van der Waals surface area contributed by atoms with E-state index in [4.69, 9.17) is 0 Å². The predicted molar refractivity (Wildman–Crippen MR) is 113 cm³/mol. The van der Waals surface area contributed by atoms with Crippen LogP contribution in [0.1, 0.15) is 58.2 Å². The van der Waals surface area contributed by atoms with Crippen molar-refractivity contribution in [1.29, 1.82) is 0 Å². The van der Waals surface area contributed by atoms with Gasteiger partial charge in [0.2, 0.25) is 0 Å². The van der Waals surface area contributed by atoms with E-state index in [1.54, 1.807) is 0 Å². The average Bonchev–Trinajstić information content (AvgIpc) is 2.72. The van der Waals surface area contributed by atoms with Gasteiger partial charge in [-0.2, -0.15) is 0 Å². The number of fused-ring (bicyclic) bond motifs is 1. The third kappa shape index (κ3) is 7.23. The molecule has 1 unspecified atom stereocenters. The Balaban J connectivity index is 0.000000715. The fourth-order valence-electron chi connectivity index (χ4n) is 3.48. The molecule has 0 saturated heterocycles. The molecule has 0 saturated carbocycles. The van der Waals surface area contributed by atoms with Gasteiger partial charge in [0.05, 0.1) is 0 Å². The topological polar surface area (TPSA) is 12.0 Å². The van der Waals surface area contributed by atoms with Gasteiger partial charge >= 0.3 is 21.7 Å². The van der Waals surface area contributed by atoms with E-state index in [1.165, 1.54) is 16.7 Å². The zero-order chi connectivity index (χ0) is 18.7. The van der Waals surface area contributed by atoms with Gasteiger partial charge in [-0.05, 0) is 52.7 Å². The van der Waals surface area contributed by atoms with Crippen molar-refractivity contribution in [2.75, 3.05) is 0 Å². The van der Waals surface area contributed by atoms with E-state index in [0.717, 1.165) is 11.1 Å². The number of nitrogens with one attached hydrogen (secondary N) is 1. The molecule has 0 aliphatic heterocycles. The van der Waals surface area contributed by atoms with Gasteiger partial charge in [0, 0.05) is 11.1 Å². The summed E-state index contributed by atoms with van der Waals surface area (Å²) in [5.41, 5.74) is 7.37. The molecule has 1 atom stereocenters. The van der Waals surface area contributed by atoms with Crippen LogP contribution in [0.4, 0.5) is 0 Å². The zero-order valence-corrected chi connectivity index (χ0v) is 19.9. The molecule has 1 aliphatic carbocycles. The molecule has 0 heterocycles. The summed E-state index contributed by atoms with van der Waals surface area (Å²) in [5.74, 6) is 0. The fourth-order valence-corrected chi connectivity index (χ4v) is 7.82. The molecule has 1 aromatic rings. The molecule has 0 radical (unpaired) electrons. The zero-order valence-electron chi connectivity index (χ0n) is 17.4. The maximum atomic E-state index is 3.91. The fraction of sp³-hybridized carbons (Fsp3) is 0.455. The molecule has 0 spiro atoms. The van der Waals surface area contributed by atoms with Crippen LogP contribution in [0.3, 0.4) is 0 Å². The van der Waals surface area contributed by atoms with Crippen molar-refractivity contribution in [3.63, 3.8) is 0 Å². The van der Waals surface area contributed by atoms with Crippen LogP contribution in [0.2, 0.25) is 13.1 Å². The summed E-state index contributed by atoms with van der Waals surface area (Å²) in [6.07, 6.45) is 2.36. The van der Waals surface area contributed by atoms with Crippen LogP contribution in [0.5, 0.6) is 0 Å². The maximum absolute atomic E-state index is 3.91. The smallest absolute Gasteiger partial charge is 0.332 e. The van der Waals surface area contributed by atoms with E-state index in [0.29, 0.717) is 5.54 Å². The molecule has 25 heavy (non-hydrogen) atoms. The normalized spacial score (nSPS) is 16.0. The monoisotopic (exact) mass is 389 g/mol. The number of hydrogen-bond donors (Lipinski definition) is 1. The molecule has 3 heteroatoms. The van der Waals surface area contributed by atoms with Gasteiger partial charge in [-0.3, -0.25) is 0 Å². The average molecular weight is 389 g/mol. The Kier molecular flexibility index (Phi) is 9.07. The first kappa shape index (κ1) is 24.3. The number of allylic oxidation sites excluding steroid dienone is 3. The minimum atomic E-state index is -1.54.